The van der Waals surface area contributed by atoms with Gasteiger partial charge in [0, 0.05) is 44.4 Å². The normalized spacial score (nSPS) is 15.8. The van der Waals surface area contributed by atoms with Crippen LogP contribution in [0.15, 0.2) is 66.2 Å². The highest BCUT2D eigenvalue weighted by molar-refractivity contribution is 5.94. The van der Waals surface area contributed by atoms with Gasteiger partial charge in [-0.3, -0.25) is 9.79 Å². The summed E-state index contributed by atoms with van der Waals surface area (Å²) in [5, 5.41) is 9.56. The SMILES string of the molecule is C=CCOc1ccccc1CNC(=NC)NCc1cccc(C(=O)NCC2CCCO2)c1. The van der Waals surface area contributed by atoms with Crippen LogP contribution in [-0.2, 0) is 17.8 Å². The van der Waals surface area contributed by atoms with Gasteiger partial charge in [-0.05, 0) is 36.6 Å². The summed E-state index contributed by atoms with van der Waals surface area (Å²) in [5.74, 6) is 1.40. The Bertz CT molecular complexity index is 923. The van der Waals surface area contributed by atoms with E-state index < -0.39 is 0 Å². The second-order valence-electron chi connectivity index (χ2n) is 7.53. The lowest BCUT2D eigenvalue weighted by atomic mass is 10.1. The molecule has 1 fully saturated rings. The number of guanidine groups is 1. The third kappa shape index (κ3) is 7.13. The Hall–Kier alpha value is -3.32. The van der Waals surface area contributed by atoms with Gasteiger partial charge in [-0.25, -0.2) is 0 Å². The Kier molecular flexibility index (Phi) is 9.13. The summed E-state index contributed by atoms with van der Waals surface area (Å²) in [7, 11) is 1.73. The summed E-state index contributed by atoms with van der Waals surface area (Å²) in [6, 6.07) is 15.5. The fourth-order valence-corrected chi connectivity index (χ4v) is 3.46. The van der Waals surface area contributed by atoms with Gasteiger partial charge in [0.15, 0.2) is 5.96 Å². The number of hydrogen-bond donors (Lipinski definition) is 3. The molecule has 1 unspecified atom stereocenters. The highest BCUT2D eigenvalue weighted by Gasteiger charge is 2.16. The number of aliphatic imine (C=N–C) groups is 1. The van der Waals surface area contributed by atoms with Crippen LogP contribution in [0.5, 0.6) is 5.75 Å². The molecular formula is C25H32N4O3. The van der Waals surface area contributed by atoms with Gasteiger partial charge in [0.1, 0.15) is 12.4 Å². The average Bonchev–Trinajstić information content (AvgIpc) is 3.36. The van der Waals surface area contributed by atoms with E-state index in [0.717, 1.165) is 36.3 Å². The van der Waals surface area contributed by atoms with Crippen molar-refractivity contribution < 1.29 is 14.3 Å². The zero-order chi connectivity index (χ0) is 22.6. The average molecular weight is 437 g/mol. The van der Waals surface area contributed by atoms with E-state index in [4.69, 9.17) is 9.47 Å². The Morgan fingerprint density at radius 3 is 2.81 bits per heavy atom. The molecule has 1 amide bonds. The second-order valence-corrected chi connectivity index (χ2v) is 7.53. The fourth-order valence-electron chi connectivity index (χ4n) is 3.46. The number of rotatable bonds is 10. The van der Waals surface area contributed by atoms with Crippen molar-refractivity contribution in [1.82, 2.24) is 16.0 Å². The van der Waals surface area contributed by atoms with Crippen molar-refractivity contribution in [3.05, 3.63) is 77.9 Å². The van der Waals surface area contributed by atoms with Gasteiger partial charge < -0.3 is 25.4 Å². The summed E-state index contributed by atoms with van der Waals surface area (Å²) >= 11 is 0. The first-order valence-corrected chi connectivity index (χ1v) is 10.9. The zero-order valence-corrected chi connectivity index (χ0v) is 18.6. The molecule has 0 aliphatic carbocycles. The first-order valence-electron chi connectivity index (χ1n) is 10.9. The van der Waals surface area contributed by atoms with Crippen LogP contribution in [0.4, 0.5) is 0 Å². The molecule has 1 aliphatic heterocycles. The molecule has 0 saturated carbocycles. The first kappa shape index (κ1) is 23.3. The standard InChI is InChI=1S/C25H32N4O3/c1-3-13-32-23-12-5-4-9-21(23)17-29-25(26-2)28-16-19-8-6-10-20(15-19)24(30)27-18-22-11-7-14-31-22/h3-6,8-10,12,15,22H,1,7,11,13-14,16-18H2,2H3,(H,27,30)(H2,26,28,29). The molecule has 0 aromatic heterocycles. The van der Waals surface area contributed by atoms with Crippen LogP contribution in [0.2, 0.25) is 0 Å². The number of nitrogens with one attached hydrogen (secondary N) is 3. The van der Waals surface area contributed by atoms with Crippen LogP contribution in [0.3, 0.4) is 0 Å². The third-order valence-corrected chi connectivity index (χ3v) is 5.16. The number of ether oxygens (including phenoxy) is 2. The van der Waals surface area contributed by atoms with Gasteiger partial charge in [-0.15, -0.1) is 0 Å². The van der Waals surface area contributed by atoms with Crippen LogP contribution >= 0.6 is 0 Å². The lowest BCUT2D eigenvalue weighted by Gasteiger charge is -2.15. The largest absolute Gasteiger partial charge is 0.489 e. The summed E-state index contributed by atoms with van der Waals surface area (Å²) < 4.78 is 11.3. The summed E-state index contributed by atoms with van der Waals surface area (Å²) in [6.45, 7) is 6.60. The van der Waals surface area contributed by atoms with Crippen molar-refractivity contribution in [1.29, 1.82) is 0 Å². The molecule has 3 N–H and O–H groups in total. The maximum Gasteiger partial charge on any atom is 0.251 e. The first-order chi connectivity index (χ1) is 15.7. The lowest BCUT2D eigenvalue weighted by molar-refractivity contribution is 0.0857. The molecule has 0 radical (unpaired) electrons. The Morgan fingerprint density at radius 2 is 2.03 bits per heavy atom. The number of hydrogen-bond acceptors (Lipinski definition) is 4. The maximum absolute atomic E-state index is 12.5. The third-order valence-electron chi connectivity index (χ3n) is 5.16. The van der Waals surface area contributed by atoms with E-state index in [2.05, 4.69) is 27.5 Å². The van der Waals surface area contributed by atoms with Crippen LogP contribution in [0, 0.1) is 0 Å². The van der Waals surface area contributed by atoms with Gasteiger partial charge in [0.25, 0.3) is 5.91 Å². The molecule has 1 atom stereocenters. The Balaban J connectivity index is 1.50. The molecule has 170 valence electrons. The van der Waals surface area contributed by atoms with E-state index >= 15 is 0 Å². The number of carbonyl (C=O) groups is 1. The minimum Gasteiger partial charge on any atom is -0.489 e. The second kappa shape index (κ2) is 12.5. The smallest absolute Gasteiger partial charge is 0.251 e. The molecule has 32 heavy (non-hydrogen) atoms. The molecule has 2 aromatic carbocycles. The van der Waals surface area contributed by atoms with Crippen LogP contribution in [-0.4, -0.2) is 44.8 Å². The maximum atomic E-state index is 12.5. The lowest BCUT2D eigenvalue weighted by Crippen LogP contribution is -2.36. The molecule has 7 heteroatoms. The fraction of sp³-hybridized carbons (Fsp3) is 0.360. The van der Waals surface area contributed by atoms with Gasteiger partial charge in [-0.1, -0.05) is 43.0 Å². The Labute approximate surface area is 189 Å². The molecule has 0 spiro atoms. The van der Waals surface area contributed by atoms with Crippen molar-refractivity contribution in [3.8, 4) is 5.75 Å². The van der Waals surface area contributed by atoms with E-state index in [-0.39, 0.29) is 12.0 Å². The minimum absolute atomic E-state index is 0.0824. The van der Waals surface area contributed by atoms with Gasteiger partial charge in [0.05, 0.1) is 6.10 Å². The van der Waals surface area contributed by atoms with Crippen molar-refractivity contribution in [2.45, 2.75) is 32.0 Å². The quantitative estimate of drug-likeness (QED) is 0.303. The van der Waals surface area contributed by atoms with Gasteiger partial charge >= 0.3 is 0 Å². The molecule has 3 rings (SSSR count). The van der Waals surface area contributed by atoms with Crippen molar-refractivity contribution in [2.75, 3.05) is 26.8 Å². The van der Waals surface area contributed by atoms with E-state index in [1.807, 2.05) is 48.5 Å². The van der Waals surface area contributed by atoms with Gasteiger partial charge in [-0.2, -0.15) is 0 Å². The monoisotopic (exact) mass is 436 g/mol. The number of benzene rings is 2. The number of carbonyl (C=O) groups excluding carboxylic acids is 1. The highest BCUT2D eigenvalue weighted by atomic mass is 16.5. The van der Waals surface area contributed by atoms with E-state index in [9.17, 15) is 4.79 Å². The topological polar surface area (TPSA) is 84.0 Å². The van der Waals surface area contributed by atoms with Crippen LogP contribution in [0.1, 0.15) is 34.3 Å². The van der Waals surface area contributed by atoms with Crippen molar-refractivity contribution >= 4 is 11.9 Å². The predicted octanol–water partition coefficient (Wildman–Crippen LogP) is 3.03. The minimum atomic E-state index is -0.0824. The molecule has 0 bridgehead atoms. The number of nitrogens with zero attached hydrogens (tertiary/aromatic N) is 1. The molecule has 2 aromatic rings. The molecular weight excluding hydrogens is 404 g/mol. The van der Waals surface area contributed by atoms with Crippen LogP contribution in [0.25, 0.3) is 0 Å². The molecule has 1 saturated heterocycles. The van der Waals surface area contributed by atoms with Crippen molar-refractivity contribution in [2.24, 2.45) is 4.99 Å². The molecule has 7 nitrogen and oxygen atoms in total. The van der Waals surface area contributed by atoms with E-state index in [1.54, 1.807) is 13.1 Å². The summed E-state index contributed by atoms with van der Waals surface area (Å²) in [5.41, 5.74) is 2.66. The predicted molar refractivity (Wildman–Crippen MR) is 127 cm³/mol. The number of amides is 1. The highest BCUT2D eigenvalue weighted by Crippen LogP contribution is 2.17. The molecule has 1 heterocycles. The van der Waals surface area contributed by atoms with E-state index in [0.29, 0.717) is 37.8 Å². The van der Waals surface area contributed by atoms with Gasteiger partial charge in [0.2, 0.25) is 0 Å². The zero-order valence-electron chi connectivity index (χ0n) is 18.6. The van der Waals surface area contributed by atoms with E-state index in [1.165, 1.54) is 0 Å². The summed E-state index contributed by atoms with van der Waals surface area (Å²) in [6.07, 6.45) is 3.92. The summed E-state index contributed by atoms with van der Waals surface area (Å²) in [4.78, 5) is 16.8. The Morgan fingerprint density at radius 1 is 1.19 bits per heavy atom. The van der Waals surface area contributed by atoms with Crippen molar-refractivity contribution in [3.63, 3.8) is 0 Å². The molecule has 1 aliphatic rings. The van der Waals surface area contributed by atoms with Crippen LogP contribution < -0.4 is 20.7 Å². The number of para-hydroxylation sites is 1.